The van der Waals surface area contributed by atoms with E-state index in [0.717, 1.165) is 38.5 Å². The molecule has 4 aliphatic heterocycles. The fourth-order valence-electron chi connectivity index (χ4n) is 3.98. The van der Waals surface area contributed by atoms with Crippen molar-refractivity contribution in [1.82, 2.24) is 10.4 Å². The van der Waals surface area contributed by atoms with Gasteiger partial charge in [-0.15, -0.1) is 12.4 Å². The molecule has 1 spiro atoms. The van der Waals surface area contributed by atoms with Gasteiger partial charge in [0.05, 0.1) is 16.3 Å². The number of aliphatic imine (C=N–C) groups is 1. The summed E-state index contributed by atoms with van der Waals surface area (Å²) in [6, 6.07) is 3.52. The Bertz CT molecular complexity index is 690. The number of nitrogens with one attached hydrogen (secondary N) is 1. The molecular formula is C16H18Cl2F3N3O. The summed E-state index contributed by atoms with van der Waals surface area (Å²) in [6.07, 6.45) is -1.59. The lowest BCUT2D eigenvalue weighted by Crippen LogP contribution is -2.59. The molecule has 4 saturated heterocycles. The highest BCUT2D eigenvalue weighted by Gasteiger charge is 2.52. The van der Waals surface area contributed by atoms with E-state index in [2.05, 4.69) is 15.4 Å². The third-order valence-corrected chi connectivity index (χ3v) is 5.50. The van der Waals surface area contributed by atoms with Crippen LogP contribution in [0.3, 0.4) is 0 Å². The largest absolute Gasteiger partial charge is 0.417 e. The van der Waals surface area contributed by atoms with E-state index in [1.165, 1.54) is 12.1 Å². The molecule has 25 heavy (non-hydrogen) atoms. The van der Waals surface area contributed by atoms with Crippen LogP contribution < -0.4 is 5.48 Å². The van der Waals surface area contributed by atoms with Crippen molar-refractivity contribution < 1.29 is 18.0 Å². The maximum Gasteiger partial charge on any atom is 0.417 e. The Labute approximate surface area is 154 Å². The zero-order valence-electron chi connectivity index (χ0n) is 13.3. The van der Waals surface area contributed by atoms with Gasteiger partial charge in [0.15, 0.2) is 0 Å². The number of hydrogen-bond acceptors (Lipinski definition) is 3. The first kappa shape index (κ1) is 18.8. The number of piperidine rings is 3. The quantitative estimate of drug-likeness (QED) is 0.773. The number of rotatable bonds is 1. The van der Waals surface area contributed by atoms with E-state index < -0.39 is 11.7 Å². The Morgan fingerprint density at radius 2 is 2.00 bits per heavy atom. The van der Waals surface area contributed by atoms with Crippen molar-refractivity contribution in [3.05, 3.63) is 28.8 Å². The van der Waals surface area contributed by atoms with Gasteiger partial charge in [0.1, 0.15) is 11.4 Å². The second kappa shape index (κ2) is 6.61. The van der Waals surface area contributed by atoms with Crippen molar-refractivity contribution in [3.63, 3.8) is 0 Å². The molecule has 4 heterocycles. The van der Waals surface area contributed by atoms with E-state index in [-0.39, 0.29) is 23.0 Å². The third kappa shape index (κ3) is 3.47. The van der Waals surface area contributed by atoms with Gasteiger partial charge in [-0.2, -0.15) is 13.2 Å². The Hall–Kier alpha value is -1.02. The van der Waals surface area contributed by atoms with E-state index in [1.807, 2.05) is 0 Å². The Balaban J connectivity index is 0.00000182. The molecule has 0 saturated carbocycles. The molecule has 2 bridgehead atoms. The lowest BCUT2D eigenvalue weighted by molar-refractivity contribution is -0.150. The minimum Gasteiger partial charge on any atom is -0.300 e. The first-order valence-corrected chi connectivity index (χ1v) is 8.34. The zero-order chi connectivity index (χ0) is 16.9. The highest BCUT2D eigenvalue weighted by Crippen LogP contribution is 2.43. The second-order valence-corrected chi connectivity index (χ2v) is 7.12. The minimum absolute atomic E-state index is 0. The third-order valence-electron chi connectivity index (χ3n) is 5.18. The first-order chi connectivity index (χ1) is 11.4. The fraction of sp³-hybridized carbons (Fsp3) is 0.562. The van der Waals surface area contributed by atoms with Crippen LogP contribution in [0.15, 0.2) is 23.2 Å². The van der Waals surface area contributed by atoms with Gasteiger partial charge in [0.2, 0.25) is 0 Å². The molecular weight excluding hydrogens is 378 g/mol. The number of amidine groups is 1. The molecule has 0 amide bonds. The molecule has 5 rings (SSSR count). The molecule has 1 aromatic carbocycles. The summed E-state index contributed by atoms with van der Waals surface area (Å²) in [5.74, 6) is 1.14. The van der Waals surface area contributed by atoms with Crippen LogP contribution in [0, 0.1) is 5.92 Å². The topological polar surface area (TPSA) is 36.9 Å². The highest BCUT2D eigenvalue weighted by atomic mass is 35.5. The van der Waals surface area contributed by atoms with Crippen molar-refractivity contribution in [1.29, 1.82) is 0 Å². The van der Waals surface area contributed by atoms with Crippen molar-refractivity contribution >= 4 is 35.5 Å². The summed E-state index contributed by atoms with van der Waals surface area (Å²) in [5, 5.41) is -0.346. The summed E-state index contributed by atoms with van der Waals surface area (Å²) >= 11 is 5.75. The Morgan fingerprint density at radius 3 is 2.56 bits per heavy atom. The number of nitrogens with zero attached hydrogens (tertiary/aromatic N) is 2. The fourth-order valence-corrected chi connectivity index (χ4v) is 4.26. The lowest BCUT2D eigenvalue weighted by atomic mass is 9.74. The van der Waals surface area contributed by atoms with Gasteiger partial charge in [0.25, 0.3) is 0 Å². The maximum atomic E-state index is 12.8. The highest BCUT2D eigenvalue weighted by molar-refractivity contribution is 6.31. The summed E-state index contributed by atoms with van der Waals surface area (Å²) < 4.78 is 38.3. The minimum atomic E-state index is -4.46. The Morgan fingerprint density at radius 1 is 1.28 bits per heavy atom. The van der Waals surface area contributed by atoms with Crippen LogP contribution in [0.4, 0.5) is 18.9 Å². The van der Waals surface area contributed by atoms with E-state index in [9.17, 15) is 13.2 Å². The second-order valence-electron chi connectivity index (χ2n) is 6.72. The molecule has 9 heteroatoms. The molecule has 4 nitrogen and oxygen atoms in total. The van der Waals surface area contributed by atoms with E-state index in [4.69, 9.17) is 16.4 Å². The average Bonchev–Trinajstić information content (AvgIpc) is 2.89. The Kier molecular flexibility index (Phi) is 4.96. The van der Waals surface area contributed by atoms with Gasteiger partial charge in [-0.3, -0.25) is 10.3 Å². The maximum absolute atomic E-state index is 12.8. The number of hydrogen-bond donors (Lipinski definition) is 1. The van der Waals surface area contributed by atoms with Crippen LogP contribution in [0.5, 0.6) is 0 Å². The zero-order valence-corrected chi connectivity index (χ0v) is 14.8. The number of fused-ring (bicyclic) bond motifs is 2. The smallest absolute Gasteiger partial charge is 0.300 e. The first-order valence-electron chi connectivity index (χ1n) is 7.96. The van der Waals surface area contributed by atoms with E-state index in [0.29, 0.717) is 23.9 Å². The van der Waals surface area contributed by atoms with Gasteiger partial charge in [0, 0.05) is 13.0 Å². The summed E-state index contributed by atoms with van der Waals surface area (Å²) in [4.78, 5) is 12.6. The molecule has 4 fully saturated rings. The standard InChI is InChI=1S/C16H17ClF3N3O.ClH/c17-13-7-11(1-2-12(13)16(18,19)20)21-14-8-15(24-22-14)9-23-5-3-10(15)4-6-23;/h1-2,7,10H,3-6,8-9H2,(H,21,22);1H/t15-;/m0./s1. The predicted molar refractivity (Wildman–Crippen MR) is 91.5 cm³/mol. The summed E-state index contributed by atoms with van der Waals surface area (Å²) in [6.45, 7) is 3.09. The van der Waals surface area contributed by atoms with Gasteiger partial charge in [-0.25, -0.2) is 4.99 Å². The van der Waals surface area contributed by atoms with Gasteiger partial charge in [-0.1, -0.05) is 11.6 Å². The van der Waals surface area contributed by atoms with Crippen molar-refractivity contribution in [3.8, 4) is 0 Å². The molecule has 1 atom stereocenters. The predicted octanol–water partition coefficient (Wildman–Crippen LogP) is 4.20. The van der Waals surface area contributed by atoms with E-state index >= 15 is 0 Å². The normalized spacial score (nSPS) is 32.7. The lowest BCUT2D eigenvalue weighted by Gasteiger charge is -2.49. The molecule has 0 aromatic heterocycles. The van der Waals surface area contributed by atoms with Crippen molar-refractivity contribution in [2.24, 2.45) is 10.9 Å². The van der Waals surface area contributed by atoms with Gasteiger partial charge < -0.3 is 4.90 Å². The number of benzene rings is 1. The number of alkyl halides is 3. The summed E-state index contributed by atoms with van der Waals surface area (Å²) in [7, 11) is 0. The number of halogens is 5. The van der Waals surface area contributed by atoms with Crippen LogP contribution in [-0.2, 0) is 11.0 Å². The monoisotopic (exact) mass is 395 g/mol. The van der Waals surface area contributed by atoms with Crippen LogP contribution >= 0.6 is 24.0 Å². The van der Waals surface area contributed by atoms with Crippen LogP contribution in [-0.4, -0.2) is 36.0 Å². The molecule has 4 aliphatic rings. The van der Waals surface area contributed by atoms with Gasteiger partial charge in [-0.05, 0) is 50.0 Å². The van der Waals surface area contributed by atoms with Gasteiger partial charge >= 0.3 is 6.18 Å². The SMILES string of the molecule is Cl.FC(F)(F)c1ccc(N=C2C[C@@]3(CN4CCC3CC4)ON2)cc1Cl. The molecule has 0 radical (unpaired) electrons. The average molecular weight is 396 g/mol. The van der Waals surface area contributed by atoms with Crippen LogP contribution in [0.2, 0.25) is 5.02 Å². The molecule has 1 aromatic rings. The molecule has 1 N–H and O–H groups in total. The van der Waals surface area contributed by atoms with Crippen LogP contribution in [0.25, 0.3) is 0 Å². The summed E-state index contributed by atoms with van der Waals surface area (Å²) in [5.41, 5.74) is 2.15. The van der Waals surface area contributed by atoms with Crippen molar-refractivity contribution in [2.45, 2.75) is 31.0 Å². The number of hydroxylamine groups is 1. The molecule has 0 aliphatic carbocycles. The van der Waals surface area contributed by atoms with E-state index in [1.54, 1.807) is 0 Å². The van der Waals surface area contributed by atoms with Crippen LogP contribution in [0.1, 0.15) is 24.8 Å². The molecule has 138 valence electrons. The van der Waals surface area contributed by atoms with Crippen molar-refractivity contribution in [2.75, 3.05) is 19.6 Å². The molecule has 0 unspecified atom stereocenters.